The predicted molar refractivity (Wildman–Crippen MR) is 72.7 cm³/mol. The first kappa shape index (κ1) is 15.2. The number of carbonyl (C=O) groups is 1. The smallest absolute Gasteiger partial charge is 0.220 e. The van der Waals surface area contributed by atoms with Crippen molar-refractivity contribution >= 4 is 15.7 Å². The van der Waals surface area contributed by atoms with Crippen molar-refractivity contribution in [3.63, 3.8) is 0 Å². The molecule has 1 aliphatic rings. The molecule has 4 nitrogen and oxygen atoms in total. The van der Waals surface area contributed by atoms with Crippen LogP contribution in [0.3, 0.4) is 0 Å². The number of allylic oxidation sites excluding steroid dienone is 1. The minimum Gasteiger partial charge on any atom is -0.354 e. The van der Waals surface area contributed by atoms with E-state index < -0.39 is 9.84 Å². The van der Waals surface area contributed by atoms with Crippen LogP contribution in [0.25, 0.3) is 0 Å². The normalized spacial score (nSPS) is 23.2. The molecule has 0 fully saturated rings. The van der Waals surface area contributed by atoms with Crippen molar-refractivity contribution in [1.82, 2.24) is 5.32 Å². The number of hydrogen-bond acceptors (Lipinski definition) is 3. The van der Waals surface area contributed by atoms with Gasteiger partial charge in [0.2, 0.25) is 5.91 Å². The Hall–Kier alpha value is -0.840. The molecule has 0 spiro atoms. The van der Waals surface area contributed by atoms with E-state index >= 15 is 0 Å². The van der Waals surface area contributed by atoms with E-state index in [1.807, 2.05) is 6.92 Å². The summed E-state index contributed by atoms with van der Waals surface area (Å²) < 4.78 is 22.4. The van der Waals surface area contributed by atoms with E-state index in [0.29, 0.717) is 5.92 Å². The molecule has 1 aliphatic heterocycles. The number of sulfone groups is 1. The Morgan fingerprint density at radius 3 is 2.50 bits per heavy atom. The Bertz CT molecular complexity index is 412. The van der Waals surface area contributed by atoms with Gasteiger partial charge in [0, 0.05) is 23.8 Å². The summed E-state index contributed by atoms with van der Waals surface area (Å²) in [4.78, 5) is 11.7. The Morgan fingerprint density at radius 2 is 2.00 bits per heavy atom. The van der Waals surface area contributed by atoms with E-state index in [9.17, 15) is 13.2 Å². The van der Waals surface area contributed by atoms with Crippen molar-refractivity contribution in [3.05, 3.63) is 11.5 Å². The number of amides is 1. The predicted octanol–water partition coefficient (Wildman–Crippen LogP) is 1.88. The van der Waals surface area contributed by atoms with Gasteiger partial charge in [-0.2, -0.15) is 0 Å². The maximum atomic E-state index is 11.7. The van der Waals surface area contributed by atoms with Gasteiger partial charge in [-0.05, 0) is 25.7 Å². The molecule has 0 aromatic heterocycles. The summed E-state index contributed by atoms with van der Waals surface area (Å²) in [5.41, 5.74) is 0. The lowest BCUT2D eigenvalue weighted by atomic mass is 10.0. The van der Waals surface area contributed by atoms with E-state index in [4.69, 9.17) is 0 Å². The van der Waals surface area contributed by atoms with Gasteiger partial charge >= 0.3 is 0 Å². The lowest BCUT2D eigenvalue weighted by Crippen LogP contribution is -2.34. The molecule has 5 heteroatoms. The molecule has 0 saturated heterocycles. The van der Waals surface area contributed by atoms with Crippen molar-refractivity contribution in [1.29, 1.82) is 0 Å². The number of nitrogens with one attached hydrogen (secondary N) is 1. The van der Waals surface area contributed by atoms with Crippen LogP contribution in [0, 0.1) is 11.8 Å². The maximum absolute atomic E-state index is 11.7. The SMILES string of the molecule is CC(C)CCC(C)NC(=O)CC1C=CS(=O)(=O)C1. The molecule has 1 N–H and O–H groups in total. The molecule has 1 rings (SSSR count). The van der Waals surface area contributed by atoms with Crippen molar-refractivity contribution in [3.8, 4) is 0 Å². The number of rotatable bonds is 6. The Kier molecular flexibility index (Phi) is 5.38. The highest BCUT2D eigenvalue weighted by Gasteiger charge is 2.24. The fourth-order valence-corrected chi connectivity index (χ4v) is 3.39. The molecule has 1 amide bonds. The van der Waals surface area contributed by atoms with Gasteiger partial charge in [-0.1, -0.05) is 19.9 Å². The van der Waals surface area contributed by atoms with Gasteiger partial charge in [0.1, 0.15) is 0 Å². The van der Waals surface area contributed by atoms with Gasteiger partial charge in [-0.25, -0.2) is 8.42 Å². The van der Waals surface area contributed by atoms with Crippen LogP contribution in [0.1, 0.15) is 40.0 Å². The highest BCUT2D eigenvalue weighted by Crippen LogP contribution is 2.18. The highest BCUT2D eigenvalue weighted by molar-refractivity contribution is 7.94. The quantitative estimate of drug-likeness (QED) is 0.803. The second kappa shape index (κ2) is 6.36. The second-order valence-electron chi connectivity index (χ2n) is 5.56. The van der Waals surface area contributed by atoms with Gasteiger partial charge in [0.05, 0.1) is 5.75 Å². The summed E-state index contributed by atoms with van der Waals surface area (Å²) in [6.45, 7) is 6.30. The third-order valence-corrected chi connectivity index (χ3v) is 4.50. The average Bonchev–Trinajstić information content (AvgIpc) is 2.54. The maximum Gasteiger partial charge on any atom is 0.220 e. The molecule has 0 saturated carbocycles. The minimum atomic E-state index is -3.05. The highest BCUT2D eigenvalue weighted by atomic mass is 32.2. The van der Waals surface area contributed by atoms with Crippen LogP contribution in [0.5, 0.6) is 0 Å². The largest absolute Gasteiger partial charge is 0.354 e. The van der Waals surface area contributed by atoms with Crippen molar-refractivity contribution < 1.29 is 13.2 Å². The summed E-state index contributed by atoms with van der Waals surface area (Å²) in [6, 6.07) is 0.155. The lowest BCUT2D eigenvalue weighted by Gasteiger charge is -2.16. The van der Waals surface area contributed by atoms with Crippen LogP contribution in [0.4, 0.5) is 0 Å². The number of hydrogen-bond donors (Lipinski definition) is 1. The average molecular weight is 273 g/mol. The first-order valence-electron chi connectivity index (χ1n) is 6.49. The third-order valence-electron chi connectivity index (χ3n) is 3.04. The molecule has 1 heterocycles. The van der Waals surface area contributed by atoms with Crippen LogP contribution in [0.15, 0.2) is 11.5 Å². The Morgan fingerprint density at radius 1 is 1.33 bits per heavy atom. The van der Waals surface area contributed by atoms with Crippen molar-refractivity contribution in [2.75, 3.05) is 5.75 Å². The lowest BCUT2D eigenvalue weighted by molar-refractivity contribution is -0.122. The summed E-state index contributed by atoms with van der Waals surface area (Å²) in [5.74, 6) is 0.485. The van der Waals surface area contributed by atoms with E-state index in [1.54, 1.807) is 6.08 Å². The monoisotopic (exact) mass is 273 g/mol. The second-order valence-corrected chi connectivity index (χ2v) is 7.49. The summed E-state index contributed by atoms with van der Waals surface area (Å²) in [7, 11) is -3.05. The molecule has 104 valence electrons. The Labute approximate surface area is 110 Å². The fourth-order valence-electron chi connectivity index (χ4n) is 1.99. The molecule has 18 heavy (non-hydrogen) atoms. The van der Waals surface area contributed by atoms with Crippen LogP contribution >= 0.6 is 0 Å². The van der Waals surface area contributed by atoms with Crippen LogP contribution in [-0.4, -0.2) is 26.1 Å². The molecule has 0 aromatic carbocycles. The molecule has 2 atom stereocenters. The van der Waals surface area contributed by atoms with E-state index in [2.05, 4.69) is 19.2 Å². The first-order valence-corrected chi connectivity index (χ1v) is 8.20. The van der Waals surface area contributed by atoms with Gasteiger partial charge < -0.3 is 5.32 Å². The minimum absolute atomic E-state index is 0.0574. The molecule has 2 unspecified atom stereocenters. The standard InChI is InChI=1S/C13H23NO3S/c1-10(2)4-5-11(3)14-13(15)8-12-6-7-18(16,17)9-12/h6-7,10-12H,4-5,8-9H2,1-3H3,(H,14,15). The summed E-state index contributed by atoms with van der Waals surface area (Å²) >= 11 is 0. The molecule has 0 bridgehead atoms. The molecular weight excluding hydrogens is 250 g/mol. The Balaban J connectivity index is 2.28. The molecule has 0 aliphatic carbocycles. The molecule has 0 aromatic rings. The van der Waals surface area contributed by atoms with Crippen LogP contribution < -0.4 is 5.32 Å². The van der Waals surface area contributed by atoms with E-state index in [1.165, 1.54) is 5.41 Å². The van der Waals surface area contributed by atoms with Crippen LogP contribution in [0.2, 0.25) is 0 Å². The van der Waals surface area contributed by atoms with Gasteiger partial charge in [0.15, 0.2) is 9.84 Å². The number of carbonyl (C=O) groups excluding carboxylic acids is 1. The van der Waals surface area contributed by atoms with E-state index in [-0.39, 0.29) is 30.0 Å². The van der Waals surface area contributed by atoms with Crippen molar-refractivity contribution in [2.24, 2.45) is 11.8 Å². The van der Waals surface area contributed by atoms with E-state index in [0.717, 1.165) is 12.8 Å². The topological polar surface area (TPSA) is 63.2 Å². The third kappa shape index (κ3) is 5.67. The molecule has 0 radical (unpaired) electrons. The van der Waals surface area contributed by atoms with Gasteiger partial charge in [-0.3, -0.25) is 4.79 Å². The van der Waals surface area contributed by atoms with Gasteiger partial charge in [-0.15, -0.1) is 0 Å². The first-order chi connectivity index (χ1) is 8.28. The summed E-state index contributed by atoms with van der Waals surface area (Å²) in [6.07, 6.45) is 3.93. The summed E-state index contributed by atoms with van der Waals surface area (Å²) in [5, 5.41) is 4.14. The fraction of sp³-hybridized carbons (Fsp3) is 0.769. The van der Waals surface area contributed by atoms with Crippen molar-refractivity contribution in [2.45, 2.75) is 46.1 Å². The molecular formula is C13H23NO3S. The zero-order valence-electron chi connectivity index (χ0n) is 11.3. The zero-order chi connectivity index (χ0) is 13.8. The van der Waals surface area contributed by atoms with Gasteiger partial charge in [0.25, 0.3) is 0 Å². The van der Waals surface area contributed by atoms with Crippen LogP contribution in [-0.2, 0) is 14.6 Å². The zero-order valence-corrected chi connectivity index (χ0v) is 12.2.